The molecule has 0 radical (unpaired) electrons. The Balaban J connectivity index is 2.57. The number of nitrogens with two attached hydrogens (primary N) is 1. The highest BCUT2D eigenvalue weighted by molar-refractivity contribution is 5.42. The molecular formula is C8H6N6. The standard InChI is InChI=1S/C8H6N6/c9-4-6-7(2-1-3-11-6)14-5-12-8(10)13-14/h1-3,5H,(H2,10,13). The number of nitrogen functional groups attached to an aromatic ring is 1. The minimum atomic E-state index is 0.165. The first-order valence-corrected chi connectivity index (χ1v) is 3.84. The Bertz CT molecular complexity index is 495. The lowest BCUT2D eigenvalue weighted by molar-refractivity contribution is 0.871. The van der Waals surface area contributed by atoms with Crippen LogP contribution < -0.4 is 5.73 Å². The van der Waals surface area contributed by atoms with Crippen molar-refractivity contribution in [3.8, 4) is 11.8 Å². The molecule has 2 N–H and O–H groups in total. The van der Waals surface area contributed by atoms with Crippen molar-refractivity contribution in [2.45, 2.75) is 0 Å². The van der Waals surface area contributed by atoms with E-state index in [2.05, 4.69) is 15.1 Å². The van der Waals surface area contributed by atoms with Gasteiger partial charge in [-0.3, -0.25) is 0 Å². The van der Waals surface area contributed by atoms with E-state index in [1.54, 1.807) is 18.3 Å². The molecule has 0 spiro atoms. The number of pyridine rings is 1. The van der Waals surface area contributed by atoms with Crippen LogP contribution >= 0.6 is 0 Å². The van der Waals surface area contributed by atoms with Crippen LogP contribution in [-0.2, 0) is 0 Å². The van der Waals surface area contributed by atoms with Crippen LogP contribution in [0, 0.1) is 11.3 Å². The number of nitriles is 1. The van der Waals surface area contributed by atoms with Crippen LogP contribution in [0.3, 0.4) is 0 Å². The summed E-state index contributed by atoms with van der Waals surface area (Å²) in [6, 6.07) is 5.40. The summed E-state index contributed by atoms with van der Waals surface area (Å²) in [6.07, 6.45) is 2.98. The van der Waals surface area contributed by atoms with Gasteiger partial charge in [0.05, 0.1) is 0 Å². The summed E-state index contributed by atoms with van der Waals surface area (Å²) in [5.41, 5.74) is 6.22. The molecule has 0 bridgehead atoms. The molecule has 0 aromatic carbocycles. The Kier molecular flexibility index (Phi) is 1.84. The molecule has 2 aromatic rings. The Morgan fingerprint density at radius 1 is 1.43 bits per heavy atom. The summed E-state index contributed by atoms with van der Waals surface area (Å²) in [5, 5.41) is 12.7. The van der Waals surface area contributed by atoms with Gasteiger partial charge in [0.15, 0.2) is 5.69 Å². The van der Waals surface area contributed by atoms with Crippen molar-refractivity contribution in [2.24, 2.45) is 0 Å². The Morgan fingerprint density at radius 3 is 2.93 bits per heavy atom. The van der Waals surface area contributed by atoms with Gasteiger partial charge in [0, 0.05) is 6.20 Å². The molecule has 6 heteroatoms. The topological polar surface area (TPSA) is 93.4 Å². The highest BCUT2D eigenvalue weighted by atomic mass is 15.4. The van der Waals surface area contributed by atoms with Crippen molar-refractivity contribution in [3.05, 3.63) is 30.4 Å². The van der Waals surface area contributed by atoms with Gasteiger partial charge in [-0.15, -0.1) is 5.10 Å². The largest absolute Gasteiger partial charge is 0.366 e. The van der Waals surface area contributed by atoms with E-state index >= 15 is 0 Å². The number of hydrogen-bond donors (Lipinski definition) is 1. The zero-order chi connectivity index (χ0) is 9.97. The molecule has 68 valence electrons. The van der Waals surface area contributed by atoms with Crippen molar-refractivity contribution < 1.29 is 0 Å². The van der Waals surface area contributed by atoms with Crippen molar-refractivity contribution in [1.29, 1.82) is 5.26 Å². The van der Waals surface area contributed by atoms with E-state index in [4.69, 9.17) is 11.0 Å². The zero-order valence-electron chi connectivity index (χ0n) is 7.12. The molecule has 2 aromatic heterocycles. The van der Waals surface area contributed by atoms with Gasteiger partial charge < -0.3 is 5.73 Å². The molecule has 2 rings (SSSR count). The predicted octanol–water partition coefficient (Wildman–Crippen LogP) is 0.116. The summed E-state index contributed by atoms with van der Waals surface area (Å²) < 4.78 is 1.42. The molecule has 0 unspecified atom stereocenters. The van der Waals surface area contributed by atoms with Crippen LogP contribution in [0.15, 0.2) is 24.7 Å². The highest BCUT2D eigenvalue weighted by Crippen LogP contribution is 2.09. The molecule has 0 fully saturated rings. The first-order valence-electron chi connectivity index (χ1n) is 3.84. The fraction of sp³-hybridized carbons (Fsp3) is 0. The molecule has 0 aliphatic carbocycles. The fourth-order valence-electron chi connectivity index (χ4n) is 1.06. The van der Waals surface area contributed by atoms with E-state index in [1.807, 2.05) is 6.07 Å². The smallest absolute Gasteiger partial charge is 0.239 e. The Labute approximate surface area is 79.6 Å². The number of anilines is 1. The van der Waals surface area contributed by atoms with Crippen molar-refractivity contribution in [3.63, 3.8) is 0 Å². The normalized spacial score (nSPS) is 9.64. The molecule has 2 heterocycles. The lowest BCUT2D eigenvalue weighted by atomic mass is 10.3. The van der Waals surface area contributed by atoms with Gasteiger partial charge in [0.2, 0.25) is 5.95 Å². The fourth-order valence-corrected chi connectivity index (χ4v) is 1.06. The average molecular weight is 186 g/mol. The maximum absolute atomic E-state index is 8.78. The molecule has 0 atom stereocenters. The number of nitrogens with zero attached hydrogens (tertiary/aromatic N) is 5. The van der Waals surface area contributed by atoms with Gasteiger partial charge in [-0.25, -0.2) is 14.6 Å². The molecule has 0 amide bonds. The number of hydrogen-bond acceptors (Lipinski definition) is 5. The third kappa shape index (κ3) is 1.27. The van der Waals surface area contributed by atoms with Gasteiger partial charge in [0.25, 0.3) is 0 Å². The summed E-state index contributed by atoms with van der Waals surface area (Å²) in [6.45, 7) is 0. The number of rotatable bonds is 1. The Hall–Kier alpha value is -2.42. The molecule has 0 saturated carbocycles. The van der Waals surface area contributed by atoms with E-state index in [9.17, 15) is 0 Å². The zero-order valence-corrected chi connectivity index (χ0v) is 7.12. The minimum absolute atomic E-state index is 0.165. The van der Waals surface area contributed by atoms with Crippen LogP contribution in [0.4, 0.5) is 5.95 Å². The summed E-state index contributed by atoms with van der Waals surface area (Å²) in [5.74, 6) is 0.165. The van der Waals surface area contributed by atoms with Crippen molar-refractivity contribution in [1.82, 2.24) is 19.7 Å². The molecule has 0 aliphatic heterocycles. The molecule has 0 aliphatic rings. The van der Waals surface area contributed by atoms with E-state index < -0.39 is 0 Å². The molecule has 14 heavy (non-hydrogen) atoms. The number of aromatic nitrogens is 4. The second-order valence-corrected chi connectivity index (χ2v) is 2.53. The minimum Gasteiger partial charge on any atom is -0.366 e. The summed E-state index contributed by atoms with van der Waals surface area (Å²) in [7, 11) is 0. The first kappa shape index (κ1) is 8.19. The van der Waals surface area contributed by atoms with E-state index in [1.165, 1.54) is 11.0 Å². The molecule has 0 saturated heterocycles. The molecule has 6 nitrogen and oxygen atoms in total. The summed E-state index contributed by atoms with van der Waals surface area (Å²) >= 11 is 0. The summed E-state index contributed by atoms with van der Waals surface area (Å²) in [4.78, 5) is 7.65. The quantitative estimate of drug-likeness (QED) is 0.682. The van der Waals surface area contributed by atoms with Crippen LogP contribution in [0.2, 0.25) is 0 Å². The lowest BCUT2D eigenvalue weighted by Gasteiger charge is -1.99. The van der Waals surface area contributed by atoms with Crippen LogP contribution in [0.5, 0.6) is 0 Å². The first-order chi connectivity index (χ1) is 6.81. The van der Waals surface area contributed by atoms with Crippen LogP contribution in [0.25, 0.3) is 5.69 Å². The maximum Gasteiger partial charge on any atom is 0.239 e. The maximum atomic E-state index is 8.78. The molecular weight excluding hydrogens is 180 g/mol. The lowest BCUT2D eigenvalue weighted by Crippen LogP contribution is -2.00. The van der Waals surface area contributed by atoms with Crippen molar-refractivity contribution >= 4 is 5.95 Å². The highest BCUT2D eigenvalue weighted by Gasteiger charge is 2.05. The third-order valence-corrected chi connectivity index (χ3v) is 1.65. The van der Waals surface area contributed by atoms with E-state index in [0.717, 1.165) is 0 Å². The van der Waals surface area contributed by atoms with E-state index in [0.29, 0.717) is 5.69 Å². The monoisotopic (exact) mass is 186 g/mol. The SMILES string of the molecule is N#Cc1ncccc1-n1cnc(N)n1. The second kappa shape index (κ2) is 3.14. The van der Waals surface area contributed by atoms with Gasteiger partial charge in [-0.2, -0.15) is 5.26 Å². The second-order valence-electron chi connectivity index (χ2n) is 2.53. The van der Waals surface area contributed by atoms with Gasteiger partial charge in [0.1, 0.15) is 18.1 Å². The van der Waals surface area contributed by atoms with Gasteiger partial charge in [-0.05, 0) is 12.1 Å². The average Bonchev–Trinajstić information content (AvgIpc) is 2.65. The van der Waals surface area contributed by atoms with Crippen LogP contribution in [0.1, 0.15) is 5.69 Å². The Morgan fingerprint density at radius 2 is 2.29 bits per heavy atom. The van der Waals surface area contributed by atoms with Crippen molar-refractivity contribution in [2.75, 3.05) is 5.73 Å². The van der Waals surface area contributed by atoms with Gasteiger partial charge >= 0.3 is 0 Å². The van der Waals surface area contributed by atoms with Crippen LogP contribution in [-0.4, -0.2) is 19.7 Å². The van der Waals surface area contributed by atoms with E-state index in [-0.39, 0.29) is 11.6 Å². The predicted molar refractivity (Wildman–Crippen MR) is 48.3 cm³/mol. The third-order valence-electron chi connectivity index (χ3n) is 1.65. The van der Waals surface area contributed by atoms with Gasteiger partial charge in [-0.1, -0.05) is 0 Å².